The van der Waals surface area contributed by atoms with E-state index in [0.717, 1.165) is 16.9 Å². The number of hydrogen-bond donors (Lipinski definition) is 1. The molecule has 1 heterocycles. The molecule has 0 fully saturated rings. The second-order valence-electron chi connectivity index (χ2n) is 6.60. The van der Waals surface area contributed by atoms with Crippen molar-refractivity contribution >= 4 is 11.6 Å². The molecule has 7 heteroatoms. The van der Waals surface area contributed by atoms with Crippen LogP contribution in [0.25, 0.3) is 0 Å². The molecule has 3 aromatic rings. The van der Waals surface area contributed by atoms with Crippen LogP contribution in [0.1, 0.15) is 22.4 Å². The Morgan fingerprint density at radius 3 is 2.24 bits per heavy atom. The molecule has 1 aromatic heterocycles. The molecule has 2 aromatic carbocycles. The van der Waals surface area contributed by atoms with Crippen LogP contribution in [0.15, 0.2) is 61.1 Å². The standard InChI is InChI=1S/C22H20N6O/c1-27-16-25-13-21(27)14-28(20-8-6-18(11-24)7-9-20)15-22(29)26-12-19-4-2-17(10-23)3-5-19/h2-9,13,16H,12,14-15H2,1H3,(H,26,29). The lowest BCUT2D eigenvalue weighted by Crippen LogP contribution is -2.37. The number of benzene rings is 2. The van der Waals surface area contributed by atoms with Gasteiger partial charge in [-0.3, -0.25) is 4.79 Å². The average molecular weight is 384 g/mol. The molecule has 0 aliphatic heterocycles. The average Bonchev–Trinajstić information content (AvgIpc) is 3.16. The molecule has 1 amide bonds. The zero-order chi connectivity index (χ0) is 20.6. The molecule has 0 atom stereocenters. The monoisotopic (exact) mass is 384 g/mol. The highest BCUT2D eigenvalue weighted by Gasteiger charge is 2.14. The maximum absolute atomic E-state index is 12.6. The van der Waals surface area contributed by atoms with Crippen molar-refractivity contribution in [2.75, 3.05) is 11.4 Å². The minimum Gasteiger partial charge on any atom is -0.356 e. The number of amides is 1. The van der Waals surface area contributed by atoms with E-state index in [-0.39, 0.29) is 12.5 Å². The summed E-state index contributed by atoms with van der Waals surface area (Å²) in [5.41, 5.74) is 3.89. The van der Waals surface area contributed by atoms with Gasteiger partial charge in [0.2, 0.25) is 5.91 Å². The first-order valence-electron chi connectivity index (χ1n) is 9.05. The third kappa shape index (κ3) is 5.21. The van der Waals surface area contributed by atoms with Gasteiger partial charge >= 0.3 is 0 Å². The van der Waals surface area contributed by atoms with Crippen LogP contribution in [0.5, 0.6) is 0 Å². The Morgan fingerprint density at radius 1 is 1.07 bits per heavy atom. The summed E-state index contributed by atoms with van der Waals surface area (Å²) in [6.07, 6.45) is 3.49. The Labute approximate surface area is 169 Å². The van der Waals surface area contributed by atoms with E-state index in [1.165, 1.54) is 0 Å². The number of imidazole rings is 1. The van der Waals surface area contributed by atoms with Gasteiger partial charge in [0.15, 0.2) is 0 Å². The van der Waals surface area contributed by atoms with E-state index in [9.17, 15) is 4.79 Å². The van der Waals surface area contributed by atoms with Gasteiger partial charge < -0.3 is 14.8 Å². The van der Waals surface area contributed by atoms with Crippen LogP contribution in [-0.4, -0.2) is 22.0 Å². The number of nitrogens with zero attached hydrogens (tertiary/aromatic N) is 5. The molecule has 144 valence electrons. The number of nitriles is 2. The summed E-state index contributed by atoms with van der Waals surface area (Å²) in [6, 6.07) is 18.4. The third-order valence-corrected chi connectivity index (χ3v) is 4.54. The first-order valence-corrected chi connectivity index (χ1v) is 9.05. The van der Waals surface area contributed by atoms with Crippen LogP contribution in [0.2, 0.25) is 0 Å². The maximum Gasteiger partial charge on any atom is 0.239 e. The largest absolute Gasteiger partial charge is 0.356 e. The number of carbonyl (C=O) groups is 1. The Kier molecular flexibility index (Phi) is 6.24. The van der Waals surface area contributed by atoms with Crippen LogP contribution in [-0.2, 0) is 24.9 Å². The second kappa shape index (κ2) is 9.20. The second-order valence-corrected chi connectivity index (χ2v) is 6.60. The molecule has 3 rings (SSSR count). The molecule has 0 radical (unpaired) electrons. The molecule has 0 aliphatic carbocycles. The molecular formula is C22H20N6O. The SMILES string of the molecule is Cn1cncc1CN(CC(=O)NCc1ccc(C#N)cc1)c1ccc(C#N)cc1. The minimum absolute atomic E-state index is 0.124. The summed E-state index contributed by atoms with van der Waals surface area (Å²) in [5, 5.41) is 20.8. The van der Waals surface area contributed by atoms with Gasteiger partial charge in [0.05, 0.1) is 48.4 Å². The Morgan fingerprint density at radius 2 is 1.69 bits per heavy atom. The number of aryl methyl sites for hydroxylation is 1. The highest BCUT2D eigenvalue weighted by atomic mass is 16.2. The summed E-state index contributed by atoms with van der Waals surface area (Å²) < 4.78 is 1.91. The predicted octanol–water partition coefficient (Wildman–Crippen LogP) is 2.49. The lowest BCUT2D eigenvalue weighted by molar-refractivity contribution is -0.119. The summed E-state index contributed by atoms with van der Waals surface area (Å²) >= 11 is 0. The summed E-state index contributed by atoms with van der Waals surface area (Å²) in [6.45, 7) is 1.05. The van der Waals surface area contributed by atoms with E-state index >= 15 is 0 Å². The predicted molar refractivity (Wildman–Crippen MR) is 108 cm³/mol. The topological polar surface area (TPSA) is 97.7 Å². The van der Waals surface area contributed by atoms with Crippen molar-refractivity contribution in [3.63, 3.8) is 0 Å². The summed E-state index contributed by atoms with van der Waals surface area (Å²) in [7, 11) is 1.91. The summed E-state index contributed by atoms with van der Waals surface area (Å²) in [5.74, 6) is -0.124. The Bertz CT molecular complexity index is 1050. The highest BCUT2D eigenvalue weighted by Crippen LogP contribution is 2.18. The number of nitrogens with one attached hydrogen (secondary N) is 1. The molecule has 0 bridgehead atoms. The van der Waals surface area contributed by atoms with Crippen LogP contribution in [0.4, 0.5) is 5.69 Å². The summed E-state index contributed by atoms with van der Waals surface area (Å²) in [4.78, 5) is 18.7. The number of rotatable bonds is 7. The maximum atomic E-state index is 12.6. The van der Waals surface area contributed by atoms with Gasteiger partial charge in [-0.05, 0) is 42.0 Å². The zero-order valence-electron chi connectivity index (χ0n) is 16.0. The van der Waals surface area contributed by atoms with Gasteiger partial charge in [-0.25, -0.2) is 4.98 Å². The van der Waals surface area contributed by atoms with E-state index in [0.29, 0.717) is 24.2 Å². The fourth-order valence-electron chi connectivity index (χ4n) is 2.84. The molecular weight excluding hydrogens is 364 g/mol. The van der Waals surface area contributed by atoms with Crippen LogP contribution >= 0.6 is 0 Å². The highest BCUT2D eigenvalue weighted by molar-refractivity contribution is 5.81. The Hall–Kier alpha value is -4.10. The van der Waals surface area contributed by atoms with Gasteiger partial charge in [-0.15, -0.1) is 0 Å². The van der Waals surface area contributed by atoms with E-state index in [4.69, 9.17) is 10.5 Å². The number of hydrogen-bond acceptors (Lipinski definition) is 5. The van der Waals surface area contributed by atoms with E-state index in [1.807, 2.05) is 40.8 Å². The normalized spacial score (nSPS) is 10.0. The van der Waals surface area contributed by atoms with Crippen molar-refractivity contribution in [2.24, 2.45) is 7.05 Å². The van der Waals surface area contributed by atoms with Gasteiger partial charge in [-0.2, -0.15) is 10.5 Å². The van der Waals surface area contributed by atoms with Crippen LogP contribution in [0.3, 0.4) is 0 Å². The van der Waals surface area contributed by atoms with Crippen molar-refractivity contribution in [1.29, 1.82) is 10.5 Å². The van der Waals surface area contributed by atoms with E-state index in [2.05, 4.69) is 22.4 Å². The smallest absolute Gasteiger partial charge is 0.239 e. The molecule has 1 N–H and O–H groups in total. The molecule has 0 spiro atoms. The molecule has 0 saturated carbocycles. The van der Waals surface area contributed by atoms with Gasteiger partial charge in [0, 0.05) is 25.5 Å². The van der Waals surface area contributed by atoms with Crippen LogP contribution < -0.4 is 10.2 Å². The molecule has 0 unspecified atom stereocenters. The molecule has 7 nitrogen and oxygen atoms in total. The van der Waals surface area contributed by atoms with Gasteiger partial charge in [0.1, 0.15) is 0 Å². The number of aromatic nitrogens is 2. The van der Waals surface area contributed by atoms with E-state index < -0.39 is 0 Å². The molecule has 29 heavy (non-hydrogen) atoms. The number of carbonyl (C=O) groups excluding carboxylic acids is 1. The van der Waals surface area contributed by atoms with Crippen molar-refractivity contribution in [3.05, 3.63) is 83.4 Å². The Balaban J connectivity index is 1.69. The van der Waals surface area contributed by atoms with Crippen molar-refractivity contribution in [2.45, 2.75) is 13.1 Å². The minimum atomic E-state index is -0.124. The van der Waals surface area contributed by atoms with Crippen LogP contribution in [0, 0.1) is 22.7 Å². The zero-order valence-corrected chi connectivity index (χ0v) is 16.0. The third-order valence-electron chi connectivity index (χ3n) is 4.54. The number of anilines is 1. The van der Waals surface area contributed by atoms with Crippen molar-refractivity contribution < 1.29 is 4.79 Å². The lowest BCUT2D eigenvalue weighted by atomic mass is 10.1. The van der Waals surface area contributed by atoms with E-state index in [1.54, 1.807) is 36.8 Å². The quantitative estimate of drug-likeness (QED) is 0.675. The first kappa shape index (κ1) is 19.7. The van der Waals surface area contributed by atoms with Crippen molar-refractivity contribution in [1.82, 2.24) is 14.9 Å². The van der Waals surface area contributed by atoms with Crippen molar-refractivity contribution in [3.8, 4) is 12.1 Å². The lowest BCUT2D eigenvalue weighted by Gasteiger charge is -2.24. The fourth-order valence-corrected chi connectivity index (χ4v) is 2.84. The van der Waals surface area contributed by atoms with Gasteiger partial charge in [0.25, 0.3) is 0 Å². The van der Waals surface area contributed by atoms with Gasteiger partial charge in [-0.1, -0.05) is 12.1 Å². The first-order chi connectivity index (χ1) is 14.1. The molecule has 0 aliphatic rings. The fraction of sp³-hybridized carbons (Fsp3) is 0.182. The molecule has 0 saturated heterocycles.